The Bertz CT molecular complexity index is 374. The van der Waals surface area contributed by atoms with Gasteiger partial charge in [-0.2, -0.15) is 0 Å². The van der Waals surface area contributed by atoms with Crippen molar-refractivity contribution >= 4 is 0 Å². The number of aromatic hydroxyl groups is 1. The van der Waals surface area contributed by atoms with Gasteiger partial charge in [0.15, 0.2) is 0 Å². The van der Waals surface area contributed by atoms with E-state index in [2.05, 4.69) is 30.1 Å². The Morgan fingerprint density at radius 3 is 2.82 bits per heavy atom. The molecule has 2 rings (SSSR count). The number of fused-ring (bicyclic) bond motifs is 1. The van der Waals surface area contributed by atoms with Gasteiger partial charge in [0.1, 0.15) is 5.75 Å². The SMILES string of the molecule is CCN(CC)CC1NCCc2cc(O)ccc21. The van der Waals surface area contributed by atoms with E-state index < -0.39 is 0 Å². The number of hydrogen-bond acceptors (Lipinski definition) is 3. The highest BCUT2D eigenvalue weighted by atomic mass is 16.3. The molecule has 0 radical (unpaired) electrons. The van der Waals surface area contributed by atoms with E-state index in [1.807, 2.05) is 6.07 Å². The molecule has 3 nitrogen and oxygen atoms in total. The quantitative estimate of drug-likeness (QED) is 0.835. The molecule has 0 saturated carbocycles. The molecule has 94 valence electrons. The summed E-state index contributed by atoms with van der Waals surface area (Å²) >= 11 is 0. The molecule has 0 fully saturated rings. The van der Waals surface area contributed by atoms with E-state index in [-0.39, 0.29) is 0 Å². The lowest BCUT2D eigenvalue weighted by atomic mass is 9.93. The largest absolute Gasteiger partial charge is 0.508 e. The van der Waals surface area contributed by atoms with Crippen LogP contribution >= 0.6 is 0 Å². The average Bonchev–Trinajstić information content (AvgIpc) is 2.35. The molecule has 17 heavy (non-hydrogen) atoms. The van der Waals surface area contributed by atoms with Gasteiger partial charge < -0.3 is 15.3 Å². The minimum Gasteiger partial charge on any atom is -0.508 e. The second-order valence-electron chi connectivity index (χ2n) is 4.63. The third-order valence-corrected chi connectivity index (χ3v) is 3.62. The van der Waals surface area contributed by atoms with Crippen molar-refractivity contribution in [3.05, 3.63) is 29.3 Å². The fraction of sp³-hybridized carbons (Fsp3) is 0.571. The molecule has 1 aliphatic heterocycles. The first kappa shape index (κ1) is 12.4. The molecule has 1 atom stereocenters. The van der Waals surface area contributed by atoms with Crippen LogP contribution in [-0.2, 0) is 6.42 Å². The van der Waals surface area contributed by atoms with Crippen molar-refractivity contribution in [2.45, 2.75) is 26.3 Å². The van der Waals surface area contributed by atoms with Gasteiger partial charge in [0.25, 0.3) is 0 Å². The fourth-order valence-electron chi connectivity index (χ4n) is 2.54. The summed E-state index contributed by atoms with van der Waals surface area (Å²) in [6.45, 7) is 8.62. The molecule has 1 aromatic carbocycles. The van der Waals surface area contributed by atoms with Crippen molar-refractivity contribution < 1.29 is 5.11 Å². The van der Waals surface area contributed by atoms with Crippen LogP contribution in [0.5, 0.6) is 5.75 Å². The van der Waals surface area contributed by atoms with Crippen molar-refractivity contribution in [2.24, 2.45) is 0 Å². The van der Waals surface area contributed by atoms with Gasteiger partial charge in [0.2, 0.25) is 0 Å². The summed E-state index contributed by atoms with van der Waals surface area (Å²) in [5.41, 5.74) is 2.64. The molecule has 0 aliphatic carbocycles. The van der Waals surface area contributed by atoms with Crippen LogP contribution in [0.4, 0.5) is 0 Å². The summed E-state index contributed by atoms with van der Waals surface area (Å²) in [5.74, 6) is 0.382. The lowest BCUT2D eigenvalue weighted by Gasteiger charge is -2.31. The summed E-state index contributed by atoms with van der Waals surface area (Å²) < 4.78 is 0. The molecule has 0 aromatic heterocycles. The van der Waals surface area contributed by atoms with E-state index >= 15 is 0 Å². The van der Waals surface area contributed by atoms with Gasteiger partial charge in [0.05, 0.1) is 0 Å². The van der Waals surface area contributed by atoms with Crippen LogP contribution in [0.3, 0.4) is 0 Å². The van der Waals surface area contributed by atoms with Crippen LogP contribution in [-0.4, -0.2) is 36.2 Å². The zero-order chi connectivity index (χ0) is 12.3. The monoisotopic (exact) mass is 234 g/mol. The predicted octanol–water partition coefficient (Wildman–Crippen LogP) is 1.92. The predicted molar refractivity (Wildman–Crippen MR) is 70.3 cm³/mol. The van der Waals surface area contributed by atoms with Crippen LogP contribution in [0.1, 0.15) is 31.0 Å². The summed E-state index contributed by atoms with van der Waals surface area (Å²) in [6.07, 6.45) is 1.01. The highest BCUT2D eigenvalue weighted by molar-refractivity contribution is 5.38. The van der Waals surface area contributed by atoms with Crippen molar-refractivity contribution in [3.63, 3.8) is 0 Å². The number of likely N-dealkylation sites (N-methyl/N-ethyl adjacent to an activating group) is 1. The zero-order valence-electron chi connectivity index (χ0n) is 10.7. The van der Waals surface area contributed by atoms with Gasteiger partial charge in [0, 0.05) is 12.6 Å². The first-order chi connectivity index (χ1) is 8.24. The second kappa shape index (κ2) is 5.52. The molecule has 3 heteroatoms. The third-order valence-electron chi connectivity index (χ3n) is 3.62. The summed E-state index contributed by atoms with van der Waals surface area (Å²) in [4.78, 5) is 2.43. The van der Waals surface area contributed by atoms with Crippen molar-refractivity contribution in [1.29, 1.82) is 0 Å². The van der Waals surface area contributed by atoms with E-state index in [9.17, 15) is 5.11 Å². The lowest BCUT2D eigenvalue weighted by Crippen LogP contribution is -2.38. The average molecular weight is 234 g/mol. The maximum Gasteiger partial charge on any atom is 0.115 e. The lowest BCUT2D eigenvalue weighted by molar-refractivity contribution is 0.261. The molecule has 1 aliphatic rings. The van der Waals surface area contributed by atoms with E-state index in [0.717, 1.165) is 32.6 Å². The number of phenolic OH excluding ortho intramolecular Hbond substituents is 1. The number of benzene rings is 1. The Hall–Kier alpha value is -1.06. The van der Waals surface area contributed by atoms with Gasteiger partial charge in [-0.15, -0.1) is 0 Å². The van der Waals surface area contributed by atoms with Crippen molar-refractivity contribution in [2.75, 3.05) is 26.2 Å². The standard InChI is InChI=1S/C14H22N2O/c1-3-16(4-2)10-14-13-6-5-12(17)9-11(13)7-8-15-14/h5-6,9,14-15,17H,3-4,7-8,10H2,1-2H3. The van der Waals surface area contributed by atoms with E-state index in [1.54, 1.807) is 6.07 Å². The Labute approximate surface area is 103 Å². The van der Waals surface area contributed by atoms with Crippen LogP contribution in [0, 0.1) is 0 Å². The van der Waals surface area contributed by atoms with E-state index in [1.165, 1.54) is 11.1 Å². The molecular formula is C14H22N2O. The Morgan fingerprint density at radius 1 is 1.35 bits per heavy atom. The molecule has 0 spiro atoms. The number of rotatable bonds is 4. The molecule has 0 bridgehead atoms. The van der Waals surface area contributed by atoms with Crippen LogP contribution < -0.4 is 5.32 Å². The summed E-state index contributed by atoms with van der Waals surface area (Å²) in [6, 6.07) is 6.16. The molecule has 1 heterocycles. The first-order valence-corrected chi connectivity index (χ1v) is 6.52. The van der Waals surface area contributed by atoms with Gasteiger partial charge in [-0.3, -0.25) is 0 Å². The van der Waals surface area contributed by atoms with Gasteiger partial charge in [-0.05, 0) is 49.3 Å². The Kier molecular flexibility index (Phi) is 4.02. The van der Waals surface area contributed by atoms with Gasteiger partial charge in [-0.25, -0.2) is 0 Å². The fourth-order valence-corrected chi connectivity index (χ4v) is 2.54. The highest BCUT2D eigenvalue weighted by Gasteiger charge is 2.21. The minimum absolute atomic E-state index is 0.382. The molecule has 0 amide bonds. The second-order valence-corrected chi connectivity index (χ2v) is 4.63. The summed E-state index contributed by atoms with van der Waals surface area (Å²) in [7, 11) is 0. The highest BCUT2D eigenvalue weighted by Crippen LogP contribution is 2.26. The van der Waals surface area contributed by atoms with Crippen molar-refractivity contribution in [1.82, 2.24) is 10.2 Å². The number of hydrogen-bond donors (Lipinski definition) is 2. The van der Waals surface area contributed by atoms with E-state index in [4.69, 9.17) is 0 Å². The first-order valence-electron chi connectivity index (χ1n) is 6.52. The topological polar surface area (TPSA) is 35.5 Å². The Morgan fingerprint density at radius 2 is 2.12 bits per heavy atom. The molecular weight excluding hydrogens is 212 g/mol. The van der Waals surface area contributed by atoms with Crippen LogP contribution in [0.25, 0.3) is 0 Å². The van der Waals surface area contributed by atoms with E-state index in [0.29, 0.717) is 11.8 Å². The van der Waals surface area contributed by atoms with Crippen LogP contribution in [0.15, 0.2) is 18.2 Å². The minimum atomic E-state index is 0.382. The number of phenols is 1. The third kappa shape index (κ3) is 2.79. The zero-order valence-corrected chi connectivity index (χ0v) is 10.7. The normalized spacial score (nSPS) is 19.4. The van der Waals surface area contributed by atoms with Gasteiger partial charge in [-0.1, -0.05) is 19.9 Å². The maximum absolute atomic E-state index is 9.52. The smallest absolute Gasteiger partial charge is 0.115 e. The molecule has 1 unspecified atom stereocenters. The van der Waals surface area contributed by atoms with Crippen LogP contribution in [0.2, 0.25) is 0 Å². The number of nitrogens with zero attached hydrogens (tertiary/aromatic N) is 1. The number of nitrogens with one attached hydrogen (secondary N) is 1. The summed E-state index contributed by atoms with van der Waals surface area (Å²) in [5, 5.41) is 13.1. The Balaban J connectivity index is 2.16. The molecule has 0 saturated heterocycles. The van der Waals surface area contributed by atoms with Crippen molar-refractivity contribution in [3.8, 4) is 5.75 Å². The van der Waals surface area contributed by atoms with Gasteiger partial charge >= 0.3 is 0 Å². The molecule has 2 N–H and O–H groups in total. The maximum atomic E-state index is 9.52. The molecule has 1 aromatic rings.